The van der Waals surface area contributed by atoms with Crippen LogP contribution in [0.25, 0.3) is 10.9 Å². The van der Waals surface area contributed by atoms with Crippen molar-refractivity contribution < 1.29 is 4.79 Å². The van der Waals surface area contributed by atoms with Gasteiger partial charge in [0.25, 0.3) is 0 Å². The number of benzene rings is 1. The Morgan fingerprint density at radius 3 is 2.84 bits per heavy atom. The van der Waals surface area contributed by atoms with Crippen molar-refractivity contribution in [1.82, 2.24) is 4.98 Å². The highest BCUT2D eigenvalue weighted by Gasteiger charge is 2.16. The predicted octanol–water partition coefficient (Wildman–Crippen LogP) is 4.33. The fourth-order valence-electron chi connectivity index (χ4n) is 2.37. The number of H-pyrrole nitrogens is 1. The maximum Gasteiger partial charge on any atom is 0.205 e. The molecule has 1 aromatic carbocycles. The lowest BCUT2D eigenvalue weighted by atomic mass is 10.0. The first-order chi connectivity index (χ1) is 9.20. The van der Waals surface area contributed by atoms with Crippen molar-refractivity contribution >= 4 is 28.0 Å². The molecule has 0 amide bonds. The van der Waals surface area contributed by atoms with Crippen molar-refractivity contribution in [2.75, 3.05) is 0 Å². The SMILES string of the molecule is CCc1ccc(C(=O)c2c[nH]c3cccc(C)c23)s1. The number of fused-ring (bicyclic) bond motifs is 1. The zero-order chi connectivity index (χ0) is 13.4. The highest BCUT2D eigenvalue weighted by Crippen LogP contribution is 2.27. The lowest BCUT2D eigenvalue weighted by Gasteiger charge is -1.99. The number of thiophene rings is 1. The summed E-state index contributed by atoms with van der Waals surface area (Å²) in [6.45, 7) is 4.15. The third kappa shape index (κ3) is 2.00. The van der Waals surface area contributed by atoms with Gasteiger partial charge in [0.1, 0.15) is 0 Å². The molecule has 2 aromatic heterocycles. The predicted molar refractivity (Wildman–Crippen MR) is 80.2 cm³/mol. The van der Waals surface area contributed by atoms with Crippen molar-refractivity contribution in [1.29, 1.82) is 0 Å². The smallest absolute Gasteiger partial charge is 0.205 e. The molecule has 96 valence electrons. The Labute approximate surface area is 116 Å². The molecule has 0 saturated heterocycles. The first-order valence-corrected chi connectivity index (χ1v) is 7.22. The molecule has 0 aliphatic heterocycles. The van der Waals surface area contributed by atoms with Crippen LogP contribution in [0, 0.1) is 6.92 Å². The van der Waals surface area contributed by atoms with Gasteiger partial charge in [0.05, 0.1) is 4.88 Å². The molecule has 0 atom stereocenters. The van der Waals surface area contributed by atoms with Gasteiger partial charge in [0, 0.05) is 27.5 Å². The van der Waals surface area contributed by atoms with Crippen LogP contribution in [0.3, 0.4) is 0 Å². The van der Waals surface area contributed by atoms with Gasteiger partial charge in [-0.1, -0.05) is 19.1 Å². The average molecular weight is 269 g/mol. The van der Waals surface area contributed by atoms with Gasteiger partial charge in [-0.25, -0.2) is 0 Å². The van der Waals surface area contributed by atoms with Crippen LogP contribution in [0.1, 0.15) is 32.6 Å². The minimum Gasteiger partial charge on any atom is -0.360 e. The first kappa shape index (κ1) is 12.2. The van der Waals surface area contributed by atoms with E-state index in [0.29, 0.717) is 0 Å². The number of nitrogens with one attached hydrogen (secondary N) is 1. The molecule has 0 fully saturated rings. The normalized spacial score (nSPS) is 11.1. The second-order valence-corrected chi connectivity index (χ2v) is 5.82. The molecule has 3 heteroatoms. The van der Waals surface area contributed by atoms with Gasteiger partial charge in [-0.15, -0.1) is 11.3 Å². The molecule has 0 unspecified atom stereocenters. The van der Waals surface area contributed by atoms with Gasteiger partial charge in [-0.05, 0) is 37.1 Å². The molecule has 0 bridgehead atoms. The van der Waals surface area contributed by atoms with E-state index in [1.165, 1.54) is 4.88 Å². The number of carbonyl (C=O) groups is 1. The summed E-state index contributed by atoms with van der Waals surface area (Å²) in [4.78, 5) is 17.8. The molecule has 0 aliphatic carbocycles. The van der Waals surface area contributed by atoms with Crippen LogP contribution in [0.4, 0.5) is 0 Å². The minimum atomic E-state index is 0.116. The standard InChI is InChI=1S/C16H15NOS/c1-3-11-7-8-14(19-11)16(18)12-9-17-13-6-4-5-10(2)15(12)13/h4-9,17H,3H2,1-2H3. The molecule has 2 heterocycles. The third-order valence-corrected chi connectivity index (χ3v) is 4.62. The Kier molecular flexibility index (Phi) is 2.99. The largest absolute Gasteiger partial charge is 0.360 e. The van der Waals surface area contributed by atoms with Crippen molar-refractivity contribution in [2.24, 2.45) is 0 Å². The highest BCUT2D eigenvalue weighted by molar-refractivity contribution is 7.14. The van der Waals surface area contributed by atoms with Crippen LogP contribution < -0.4 is 0 Å². The van der Waals surface area contributed by atoms with E-state index in [0.717, 1.165) is 33.3 Å². The number of aromatic amines is 1. The Hall–Kier alpha value is -1.87. The molecule has 0 radical (unpaired) electrons. The summed E-state index contributed by atoms with van der Waals surface area (Å²) in [6.07, 6.45) is 2.80. The summed E-state index contributed by atoms with van der Waals surface area (Å²) in [5.41, 5.74) is 2.93. The zero-order valence-electron chi connectivity index (χ0n) is 11.0. The van der Waals surface area contributed by atoms with E-state index in [1.807, 2.05) is 43.5 Å². The molecule has 0 aliphatic rings. The van der Waals surface area contributed by atoms with Crippen LogP contribution in [0.5, 0.6) is 0 Å². The van der Waals surface area contributed by atoms with Crippen LogP contribution in [0.2, 0.25) is 0 Å². The Balaban J connectivity index is 2.11. The fraction of sp³-hybridized carbons (Fsp3) is 0.188. The number of hydrogen-bond acceptors (Lipinski definition) is 2. The monoisotopic (exact) mass is 269 g/mol. The molecule has 2 nitrogen and oxygen atoms in total. The number of rotatable bonds is 3. The number of aryl methyl sites for hydroxylation is 2. The summed E-state index contributed by atoms with van der Waals surface area (Å²) in [7, 11) is 0. The maximum atomic E-state index is 12.6. The number of hydrogen-bond donors (Lipinski definition) is 1. The molecule has 0 saturated carbocycles. The van der Waals surface area contributed by atoms with Crippen molar-refractivity contribution in [2.45, 2.75) is 20.3 Å². The molecular weight excluding hydrogens is 254 g/mol. The van der Waals surface area contributed by atoms with E-state index in [1.54, 1.807) is 11.3 Å². The van der Waals surface area contributed by atoms with Crippen LogP contribution in [0.15, 0.2) is 36.5 Å². The van der Waals surface area contributed by atoms with Gasteiger partial charge in [-0.3, -0.25) is 4.79 Å². The Morgan fingerprint density at radius 2 is 2.11 bits per heavy atom. The van der Waals surface area contributed by atoms with Gasteiger partial charge in [0.15, 0.2) is 0 Å². The third-order valence-electron chi connectivity index (χ3n) is 3.39. The Bertz CT molecular complexity index is 751. The molecule has 3 aromatic rings. The van der Waals surface area contributed by atoms with Crippen molar-refractivity contribution in [3.8, 4) is 0 Å². The maximum absolute atomic E-state index is 12.6. The summed E-state index contributed by atoms with van der Waals surface area (Å²) in [5, 5.41) is 1.04. The summed E-state index contributed by atoms with van der Waals surface area (Å²) < 4.78 is 0. The fourth-order valence-corrected chi connectivity index (χ4v) is 3.27. The lowest BCUT2D eigenvalue weighted by Crippen LogP contribution is -1.97. The molecule has 0 spiro atoms. The lowest BCUT2D eigenvalue weighted by molar-refractivity contribution is 0.104. The highest BCUT2D eigenvalue weighted by atomic mass is 32.1. The van der Waals surface area contributed by atoms with Gasteiger partial charge in [-0.2, -0.15) is 0 Å². The van der Waals surface area contributed by atoms with E-state index in [2.05, 4.69) is 11.9 Å². The molecular formula is C16H15NOS. The van der Waals surface area contributed by atoms with E-state index in [-0.39, 0.29) is 5.78 Å². The van der Waals surface area contributed by atoms with Gasteiger partial charge >= 0.3 is 0 Å². The summed E-state index contributed by atoms with van der Waals surface area (Å²) >= 11 is 1.59. The molecule has 1 N–H and O–H groups in total. The van der Waals surface area contributed by atoms with Crippen LogP contribution in [-0.2, 0) is 6.42 Å². The molecule has 19 heavy (non-hydrogen) atoms. The van der Waals surface area contributed by atoms with Gasteiger partial charge in [0.2, 0.25) is 5.78 Å². The average Bonchev–Trinajstić information content (AvgIpc) is 3.05. The second kappa shape index (κ2) is 4.67. The van der Waals surface area contributed by atoms with E-state index >= 15 is 0 Å². The minimum absolute atomic E-state index is 0.116. The first-order valence-electron chi connectivity index (χ1n) is 6.41. The van der Waals surface area contributed by atoms with Crippen LogP contribution in [-0.4, -0.2) is 10.8 Å². The number of aromatic nitrogens is 1. The van der Waals surface area contributed by atoms with E-state index in [4.69, 9.17) is 0 Å². The van der Waals surface area contributed by atoms with Gasteiger partial charge < -0.3 is 4.98 Å². The number of ketones is 1. The van der Waals surface area contributed by atoms with E-state index < -0.39 is 0 Å². The quantitative estimate of drug-likeness (QED) is 0.705. The Morgan fingerprint density at radius 1 is 1.26 bits per heavy atom. The zero-order valence-corrected chi connectivity index (χ0v) is 11.8. The van der Waals surface area contributed by atoms with Crippen molar-refractivity contribution in [3.63, 3.8) is 0 Å². The molecule has 3 rings (SSSR count). The summed E-state index contributed by atoms with van der Waals surface area (Å²) in [5.74, 6) is 0.116. The summed E-state index contributed by atoms with van der Waals surface area (Å²) in [6, 6.07) is 10.0. The number of carbonyl (C=O) groups excluding carboxylic acids is 1. The van der Waals surface area contributed by atoms with E-state index in [9.17, 15) is 4.79 Å². The van der Waals surface area contributed by atoms with Crippen molar-refractivity contribution in [3.05, 3.63) is 57.4 Å². The topological polar surface area (TPSA) is 32.9 Å². The van der Waals surface area contributed by atoms with Crippen LogP contribution >= 0.6 is 11.3 Å². The second-order valence-electron chi connectivity index (χ2n) is 4.65.